The second-order valence-corrected chi connectivity index (χ2v) is 14.8. The zero-order chi connectivity index (χ0) is 28.9. The normalized spacial score (nSPS) is 16.4. The predicted octanol–water partition coefficient (Wildman–Crippen LogP) is -1.49. The van der Waals surface area contributed by atoms with Gasteiger partial charge >= 0.3 is 0 Å². The van der Waals surface area contributed by atoms with E-state index in [4.69, 9.17) is 12.9 Å². The number of piperazine rings is 1. The summed E-state index contributed by atoms with van der Waals surface area (Å²) in [7, 11) is -16.5. The Hall–Kier alpha value is -1.98. The summed E-state index contributed by atoms with van der Waals surface area (Å²) >= 11 is 0. The van der Waals surface area contributed by atoms with Gasteiger partial charge in [0.2, 0.25) is 10.0 Å². The molecule has 1 aliphatic heterocycles. The molecule has 0 spiro atoms. The number of benzene rings is 1. The fraction of sp³-hybridized carbons (Fsp3) is 0.647. The summed E-state index contributed by atoms with van der Waals surface area (Å²) in [6.45, 7) is -1.95. The van der Waals surface area contributed by atoms with Crippen LogP contribution in [0.3, 0.4) is 0 Å². The standard InChI is InChI=1S/C17H28N4O13S4/c1-35(24,25)33-11-9-19(10-12-34-36(2,26)27)16-4-3-15(21(22)23)13-17(16)38(31,32)20-7-5-18(6-8-20)14-37(28,29)30/h3-4,13H,5-12,14H2,1-2H3,(H,28,29,30). The average molecular weight is 625 g/mol. The van der Waals surface area contributed by atoms with Gasteiger partial charge in [0.1, 0.15) is 10.8 Å². The third-order valence-electron chi connectivity index (χ3n) is 5.11. The third kappa shape index (κ3) is 10.3. The molecule has 0 atom stereocenters. The van der Waals surface area contributed by atoms with Gasteiger partial charge in [0.25, 0.3) is 36.0 Å². The summed E-state index contributed by atoms with van der Waals surface area (Å²) in [6, 6.07) is 2.97. The lowest BCUT2D eigenvalue weighted by molar-refractivity contribution is -0.385. The van der Waals surface area contributed by atoms with Crippen LogP contribution < -0.4 is 4.90 Å². The van der Waals surface area contributed by atoms with Crippen molar-refractivity contribution in [1.29, 1.82) is 0 Å². The Balaban J connectivity index is 2.45. The van der Waals surface area contributed by atoms with Crippen molar-refractivity contribution >= 4 is 51.8 Å². The van der Waals surface area contributed by atoms with Crippen LogP contribution >= 0.6 is 0 Å². The Morgan fingerprint density at radius 2 is 1.42 bits per heavy atom. The van der Waals surface area contributed by atoms with Crippen molar-refractivity contribution in [2.75, 3.05) is 75.8 Å². The van der Waals surface area contributed by atoms with Crippen LogP contribution in [0.15, 0.2) is 23.1 Å². The number of non-ortho nitro benzene ring substituents is 1. The largest absolute Gasteiger partial charge is 0.366 e. The van der Waals surface area contributed by atoms with E-state index >= 15 is 0 Å². The zero-order valence-corrected chi connectivity index (χ0v) is 23.6. The van der Waals surface area contributed by atoms with Crippen molar-refractivity contribution in [3.63, 3.8) is 0 Å². The topological polar surface area (TPSA) is 228 Å². The van der Waals surface area contributed by atoms with Gasteiger partial charge in [-0.2, -0.15) is 29.6 Å². The van der Waals surface area contributed by atoms with Crippen molar-refractivity contribution in [2.24, 2.45) is 0 Å². The highest BCUT2D eigenvalue weighted by Gasteiger charge is 2.34. The molecule has 1 heterocycles. The Morgan fingerprint density at radius 3 is 1.84 bits per heavy atom. The molecule has 21 heteroatoms. The van der Waals surface area contributed by atoms with Crippen LogP contribution in [0.5, 0.6) is 0 Å². The third-order valence-corrected chi connectivity index (χ3v) is 8.92. The number of anilines is 1. The molecular weight excluding hydrogens is 596 g/mol. The quantitative estimate of drug-likeness (QED) is 0.108. The number of rotatable bonds is 14. The summed E-state index contributed by atoms with van der Waals surface area (Å²) in [5, 5.41) is 11.4. The van der Waals surface area contributed by atoms with E-state index in [1.54, 1.807) is 0 Å². The van der Waals surface area contributed by atoms with Crippen LogP contribution in [-0.2, 0) is 48.7 Å². The van der Waals surface area contributed by atoms with E-state index in [1.807, 2.05) is 0 Å². The highest BCUT2D eigenvalue weighted by atomic mass is 32.2. The fourth-order valence-corrected chi connectivity index (χ4v) is 6.63. The van der Waals surface area contributed by atoms with E-state index in [1.165, 1.54) is 9.80 Å². The minimum atomic E-state index is -4.44. The molecule has 1 N–H and O–H groups in total. The minimum Gasteiger partial charge on any atom is -0.366 e. The molecule has 218 valence electrons. The number of hydrogen-bond acceptors (Lipinski definition) is 14. The summed E-state index contributed by atoms with van der Waals surface area (Å²) in [5.74, 6) is -0.697. The first-order chi connectivity index (χ1) is 17.3. The summed E-state index contributed by atoms with van der Waals surface area (Å²) < 4.78 is 114. The number of nitrogens with zero attached hydrogens (tertiary/aromatic N) is 4. The predicted molar refractivity (Wildman–Crippen MR) is 134 cm³/mol. The van der Waals surface area contributed by atoms with Gasteiger partial charge in [0.15, 0.2) is 0 Å². The van der Waals surface area contributed by atoms with E-state index < -0.39 is 75.0 Å². The van der Waals surface area contributed by atoms with E-state index in [2.05, 4.69) is 0 Å². The Morgan fingerprint density at radius 1 is 0.921 bits per heavy atom. The maximum atomic E-state index is 13.6. The number of sulfonamides is 1. The lowest BCUT2D eigenvalue weighted by atomic mass is 10.2. The van der Waals surface area contributed by atoms with Crippen molar-refractivity contribution in [2.45, 2.75) is 4.90 Å². The molecule has 0 saturated carbocycles. The van der Waals surface area contributed by atoms with Gasteiger partial charge in [-0.05, 0) is 6.07 Å². The highest BCUT2D eigenvalue weighted by Crippen LogP contribution is 2.32. The van der Waals surface area contributed by atoms with Crippen molar-refractivity contribution in [3.05, 3.63) is 28.3 Å². The summed E-state index contributed by atoms with van der Waals surface area (Å²) in [4.78, 5) is 12.6. The Kier molecular flexibility index (Phi) is 10.6. The van der Waals surface area contributed by atoms with Gasteiger partial charge in [0.05, 0.1) is 36.3 Å². The highest BCUT2D eigenvalue weighted by molar-refractivity contribution is 7.89. The first-order valence-electron chi connectivity index (χ1n) is 10.7. The average Bonchev–Trinajstić information content (AvgIpc) is 2.75. The van der Waals surface area contributed by atoms with E-state index in [0.29, 0.717) is 0 Å². The Labute approximate surface area is 221 Å². The van der Waals surface area contributed by atoms with Crippen LogP contribution in [0.25, 0.3) is 0 Å². The molecule has 2 rings (SSSR count). The zero-order valence-electron chi connectivity index (χ0n) is 20.4. The fourth-order valence-electron chi connectivity index (χ4n) is 3.50. The van der Waals surface area contributed by atoms with Crippen LogP contribution in [-0.4, -0.2) is 123 Å². The first kappa shape index (κ1) is 32.2. The second kappa shape index (κ2) is 12.5. The van der Waals surface area contributed by atoms with Crippen LogP contribution in [0, 0.1) is 10.1 Å². The maximum absolute atomic E-state index is 13.6. The summed E-state index contributed by atoms with van der Waals surface area (Å²) in [6.07, 6.45) is 1.60. The number of hydrogen-bond donors (Lipinski definition) is 1. The first-order valence-corrected chi connectivity index (χ1v) is 17.4. The molecule has 38 heavy (non-hydrogen) atoms. The van der Waals surface area contributed by atoms with Gasteiger partial charge in [0, 0.05) is 51.4 Å². The molecule has 17 nitrogen and oxygen atoms in total. The smallest absolute Gasteiger partial charge is 0.278 e. The maximum Gasteiger partial charge on any atom is 0.278 e. The molecule has 1 saturated heterocycles. The van der Waals surface area contributed by atoms with Gasteiger partial charge in [-0.25, -0.2) is 8.42 Å². The molecule has 0 aliphatic carbocycles. The van der Waals surface area contributed by atoms with Crippen molar-refractivity contribution in [1.82, 2.24) is 9.21 Å². The molecule has 0 radical (unpaired) electrons. The molecule has 1 fully saturated rings. The van der Waals surface area contributed by atoms with Gasteiger partial charge in [-0.1, -0.05) is 0 Å². The molecule has 1 aromatic rings. The SMILES string of the molecule is CS(=O)(=O)OCCN(CCOS(C)(=O)=O)c1ccc([N+](=O)[O-])cc1S(=O)(=O)N1CCN(CS(=O)(=O)O)CC1. The molecule has 0 amide bonds. The van der Waals surface area contributed by atoms with E-state index in [-0.39, 0.29) is 45.0 Å². The Bertz CT molecular complexity index is 1400. The van der Waals surface area contributed by atoms with Crippen LogP contribution in [0.4, 0.5) is 11.4 Å². The lowest BCUT2D eigenvalue weighted by Gasteiger charge is -2.34. The molecule has 1 aromatic carbocycles. The molecular formula is C17H28N4O13S4. The number of nitro groups is 1. The molecule has 1 aliphatic rings. The lowest BCUT2D eigenvalue weighted by Crippen LogP contribution is -2.50. The second-order valence-electron chi connectivity index (χ2n) is 8.18. The van der Waals surface area contributed by atoms with E-state index in [9.17, 15) is 43.8 Å². The minimum absolute atomic E-state index is 0.0581. The molecule has 0 bridgehead atoms. The van der Waals surface area contributed by atoms with Crippen LogP contribution in [0.1, 0.15) is 0 Å². The van der Waals surface area contributed by atoms with Crippen molar-refractivity contribution in [3.8, 4) is 0 Å². The van der Waals surface area contributed by atoms with Gasteiger partial charge < -0.3 is 4.90 Å². The summed E-state index contributed by atoms with van der Waals surface area (Å²) in [5.41, 5.74) is -0.665. The number of nitro benzene ring substituents is 1. The molecule has 0 unspecified atom stereocenters. The van der Waals surface area contributed by atoms with Crippen molar-refractivity contribution < 1.29 is 51.5 Å². The van der Waals surface area contributed by atoms with Gasteiger partial charge in [-0.3, -0.25) is 27.9 Å². The van der Waals surface area contributed by atoms with Gasteiger partial charge in [-0.15, -0.1) is 0 Å². The molecule has 0 aromatic heterocycles. The monoisotopic (exact) mass is 624 g/mol. The van der Waals surface area contributed by atoms with E-state index in [0.717, 1.165) is 35.0 Å². The van der Waals surface area contributed by atoms with Crippen LogP contribution in [0.2, 0.25) is 0 Å².